The van der Waals surface area contributed by atoms with Crippen molar-refractivity contribution in [3.8, 4) is 5.75 Å². The molecule has 0 bridgehead atoms. The first-order valence-corrected chi connectivity index (χ1v) is 5.62. The van der Waals surface area contributed by atoms with Crippen molar-refractivity contribution >= 4 is 12.2 Å². The van der Waals surface area contributed by atoms with Crippen molar-refractivity contribution in [2.24, 2.45) is 0 Å². The van der Waals surface area contributed by atoms with E-state index in [9.17, 15) is 0 Å². The number of nitrogens with zero attached hydrogens (tertiary/aromatic N) is 2. The van der Waals surface area contributed by atoms with Gasteiger partial charge in [0.25, 0.3) is 0 Å². The fraction of sp³-hybridized carbons (Fsp3) is 0.273. The van der Waals surface area contributed by atoms with Gasteiger partial charge in [-0.3, -0.25) is 5.10 Å². The smallest absolute Gasteiger partial charge is 0.214 e. The van der Waals surface area contributed by atoms with Crippen LogP contribution in [0.1, 0.15) is 11.4 Å². The zero-order valence-electron chi connectivity index (χ0n) is 9.73. The quantitative estimate of drug-likeness (QED) is 0.815. The molecule has 1 aromatic heterocycles. The Morgan fingerprint density at radius 2 is 2.35 bits per heavy atom. The Bertz CT molecular complexity index is 561. The van der Waals surface area contributed by atoms with Crippen molar-refractivity contribution in [2.75, 3.05) is 12.5 Å². The van der Waals surface area contributed by atoms with Crippen molar-refractivity contribution < 1.29 is 4.74 Å². The van der Waals surface area contributed by atoms with Crippen LogP contribution in [0, 0.1) is 11.7 Å². The van der Waals surface area contributed by atoms with E-state index in [0.29, 0.717) is 11.3 Å². The largest absolute Gasteiger partial charge is 0.497 e. The number of nitrogens with one attached hydrogen (secondary N) is 2. The number of methoxy groups -OCH3 is 1. The number of H-pyrrole nitrogens is 1. The van der Waals surface area contributed by atoms with Gasteiger partial charge in [0.05, 0.1) is 13.7 Å². The predicted octanol–water partition coefficient (Wildman–Crippen LogP) is 2.00. The molecule has 0 spiro atoms. The van der Waals surface area contributed by atoms with Crippen LogP contribution in [0.4, 0.5) is 0 Å². The first kappa shape index (κ1) is 11.7. The van der Waals surface area contributed by atoms with Crippen LogP contribution in [0.25, 0.3) is 0 Å². The Morgan fingerprint density at radius 1 is 1.53 bits per heavy atom. The van der Waals surface area contributed by atoms with Crippen LogP contribution in [-0.2, 0) is 6.54 Å². The molecule has 2 aromatic rings. The molecule has 0 saturated carbocycles. The molecule has 0 aliphatic rings. The molecule has 5 nitrogen and oxygen atoms in total. The molecule has 17 heavy (non-hydrogen) atoms. The van der Waals surface area contributed by atoms with Gasteiger partial charge in [-0.2, -0.15) is 5.10 Å². The zero-order valence-corrected chi connectivity index (χ0v) is 10.5. The molecule has 2 N–H and O–H groups in total. The highest BCUT2D eigenvalue weighted by molar-refractivity contribution is 7.71. The van der Waals surface area contributed by atoms with Gasteiger partial charge in [-0.15, -0.1) is 0 Å². The van der Waals surface area contributed by atoms with Gasteiger partial charge in [-0.05, 0) is 36.8 Å². The summed E-state index contributed by atoms with van der Waals surface area (Å²) in [5.41, 5.74) is 4.31. The minimum absolute atomic E-state index is 0.561. The molecule has 0 amide bonds. The van der Waals surface area contributed by atoms with Gasteiger partial charge in [-0.1, -0.05) is 12.1 Å². The summed E-state index contributed by atoms with van der Waals surface area (Å²) in [5.74, 6) is 1.65. The van der Waals surface area contributed by atoms with E-state index in [1.807, 2.05) is 31.2 Å². The lowest BCUT2D eigenvalue weighted by molar-refractivity contribution is 0.414. The summed E-state index contributed by atoms with van der Waals surface area (Å²) in [5, 5.41) is 6.75. The number of ether oxygens (including phenoxy) is 1. The van der Waals surface area contributed by atoms with Gasteiger partial charge >= 0.3 is 0 Å². The van der Waals surface area contributed by atoms with E-state index in [2.05, 4.69) is 15.6 Å². The van der Waals surface area contributed by atoms with Crippen LogP contribution in [0.2, 0.25) is 0 Å². The molecule has 0 aliphatic carbocycles. The van der Waals surface area contributed by atoms with E-state index in [0.717, 1.165) is 17.1 Å². The Labute approximate surface area is 104 Å². The van der Waals surface area contributed by atoms with E-state index < -0.39 is 0 Å². The molecule has 0 unspecified atom stereocenters. The molecule has 1 aromatic carbocycles. The van der Waals surface area contributed by atoms with E-state index in [4.69, 9.17) is 17.0 Å². The van der Waals surface area contributed by atoms with Crippen LogP contribution in [0.3, 0.4) is 0 Å². The van der Waals surface area contributed by atoms with Crippen LogP contribution < -0.4 is 10.2 Å². The zero-order chi connectivity index (χ0) is 12.3. The SMILES string of the molecule is COc1cccc(CNn2c(C)n[nH]c2=S)c1. The number of benzene rings is 1. The number of aryl methyl sites for hydroxylation is 1. The first-order chi connectivity index (χ1) is 8.20. The van der Waals surface area contributed by atoms with Crippen LogP contribution in [-0.4, -0.2) is 22.0 Å². The summed E-state index contributed by atoms with van der Waals surface area (Å²) < 4.78 is 7.47. The van der Waals surface area contributed by atoms with Gasteiger partial charge in [-0.25, -0.2) is 4.68 Å². The number of hydrogen-bond donors (Lipinski definition) is 2. The average Bonchev–Trinajstić information content (AvgIpc) is 2.67. The summed E-state index contributed by atoms with van der Waals surface area (Å²) in [7, 11) is 1.66. The predicted molar refractivity (Wildman–Crippen MR) is 68.2 cm³/mol. The Hall–Kier alpha value is -1.82. The third-order valence-corrected chi connectivity index (χ3v) is 2.69. The molecule has 2 rings (SSSR count). The second-order valence-corrected chi connectivity index (χ2v) is 3.98. The fourth-order valence-corrected chi connectivity index (χ4v) is 1.76. The maximum Gasteiger partial charge on any atom is 0.214 e. The van der Waals surface area contributed by atoms with Gasteiger partial charge < -0.3 is 10.2 Å². The molecule has 0 aliphatic heterocycles. The summed E-state index contributed by atoms with van der Waals surface area (Å²) in [6.45, 7) is 2.54. The molecule has 0 saturated heterocycles. The lowest BCUT2D eigenvalue weighted by Crippen LogP contribution is -2.16. The van der Waals surface area contributed by atoms with Crippen molar-refractivity contribution in [1.29, 1.82) is 0 Å². The lowest BCUT2D eigenvalue weighted by Gasteiger charge is -2.09. The number of rotatable bonds is 4. The molecular formula is C11H14N4OS. The summed E-state index contributed by atoms with van der Waals surface area (Å²) >= 11 is 5.09. The van der Waals surface area contributed by atoms with E-state index in [-0.39, 0.29) is 0 Å². The lowest BCUT2D eigenvalue weighted by atomic mass is 10.2. The minimum Gasteiger partial charge on any atom is -0.497 e. The molecule has 0 atom stereocenters. The van der Waals surface area contributed by atoms with Gasteiger partial charge in [0.1, 0.15) is 11.6 Å². The van der Waals surface area contributed by atoms with E-state index >= 15 is 0 Å². The van der Waals surface area contributed by atoms with Gasteiger partial charge in [0.15, 0.2) is 0 Å². The average molecular weight is 250 g/mol. The number of hydrogen-bond acceptors (Lipinski definition) is 4. The maximum atomic E-state index is 5.17. The van der Waals surface area contributed by atoms with Gasteiger partial charge in [0.2, 0.25) is 4.77 Å². The molecule has 0 fully saturated rings. The Balaban J connectivity index is 2.10. The normalized spacial score (nSPS) is 10.2. The maximum absolute atomic E-state index is 5.17. The second kappa shape index (κ2) is 5.01. The highest BCUT2D eigenvalue weighted by Crippen LogP contribution is 2.12. The van der Waals surface area contributed by atoms with E-state index in [1.165, 1.54) is 0 Å². The molecule has 90 valence electrons. The van der Waals surface area contributed by atoms with Crippen molar-refractivity contribution in [1.82, 2.24) is 14.9 Å². The number of aromatic amines is 1. The number of aromatic nitrogens is 3. The molecular weight excluding hydrogens is 236 g/mol. The van der Waals surface area contributed by atoms with Crippen molar-refractivity contribution in [3.63, 3.8) is 0 Å². The Morgan fingerprint density at radius 3 is 3.00 bits per heavy atom. The highest BCUT2D eigenvalue weighted by atomic mass is 32.1. The minimum atomic E-state index is 0.561. The third kappa shape index (κ3) is 2.65. The Kier molecular flexibility index (Phi) is 3.43. The molecule has 1 heterocycles. The molecule has 6 heteroatoms. The second-order valence-electron chi connectivity index (χ2n) is 3.60. The van der Waals surface area contributed by atoms with E-state index in [1.54, 1.807) is 11.8 Å². The van der Waals surface area contributed by atoms with Crippen LogP contribution in [0.5, 0.6) is 5.75 Å². The van der Waals surface area contributed by atoms with Crippen molar-refractivity contribution in [3.05, 3.63) is 40.4 Å². The van der Waals surface area contributed by atoms with Crippen LogP contribution >= 0.6 is 12.2 Å². The topological polar surface area (TPSA) is 54.9 Å². The summed E-state index contributed by atoms with van der Waals surface area (Å²) in [4.78, 5) is 0. The highest BCUT2D eigenvalue weighted by Gasteiger charge is 2.00. The van der Waals surface area contributed by atoms with Crippen molar-refractivity contribution in [2.45, 2.75) is 13.5 Å². The standard InChI is InChI=1S/C11H14N4OS/c1-8-13-14-11(17)15(8)12-7-9-4-3-5-10(6-9)16-2/h3-6,12H,7H2,1-2H3,(H,14,17). The third-order valence-electron chi connectivity index (χ3n) is 2.42. The monoisotopic (exact) mass is 250 g/mol. The van der Waals surface area contributed by atoms with Gasteiger partial charge in [0, 0.05) is 0 Å². The fourth-order valence-electron chi connectivity index (χ4n) is 1.51. The summed E-state index contributed by atoms with van der Waals surface area (Å²) in [6.07, 6.45) is 0. The summed E-state index contributed by atoms with van der Waals surface area (Å²) in [6, 6.07) is 7.87. The van der Waals surface area contributed by atoms with Crippen LogP contribution in [0.15, 0.2) is 24.3 Å². The first-order valence-electron chi connectivity index (χ1n) is 5.21. The molecule has 0 radical (unpaired) electrons.